The molecule has 8 N–H and O–H groups in total. The number of hydrogen-bond donors (Lipinski definition) is 7. The molecule has 0 aliphatic heterocycles. The summed E-state index contributed by atoms with van der Waals surface area (Å²) in [7, 11) is 0. The van der Waals surface area contributed by atoms with E-state index in [1.807, 2.05) is 38.1 Å². The first-order chi connectivity index (χ1) is 18.1. The zero-order valence-corrected chi connectivity index (χ0v) is 21.7. The predicted octanol–water partition coefficient (Wildman–Crippen LogP) is 0.609. The van der Waals surface area contributed by atoms with E-state index in [-0.39, 0.29) is 18.8 Å². The molecular weight excluding hydrogens is 490 g/mol. The van der Waals surface area contributed by atoms with E-state index < -0.39 is 47.9 Å². The Kier molecular flexibility index (Phi) is 9.61. The first kappa shape index (κ1) is 28.4. The molecule has 0 fully saturated rings. The average molecular weight is 526 g/mol. The number of fused-ring (bicyclic) bond motifs is 1. The zero-order chi connectivity index (χ0) is 27.8. The Labute approximate surface area is 220 Å². The number of carboxylic acid groups (broad SMARTS) is 1. The highest BCUT2D eigenvalue weighted by atomic mass is 16.4. The normalized spacial score (nSPS) is 15.2. The molecule has 12 heteroatoms. The molecule has 0 saturated carbocycles. The van der Waals surface area contributed by atoms with E-state index in [4.69, 9.17) is 5.73 Å². The highest BCUT2D eigenvalue weighted by Crippen LogP contribution is 2.19. The Hall–Kier alpha value is -4.19. The summed E-state index contributed by atoms with van der Waals surface area (Å²) in [6.45, 7) is 5.10. The minimum absolute atomic E-state index is 0.0811. The second-order valence-electron chi connectivity index (χ2n) is 9.45. The van der Waals surface area contributed by atoms with Gasteiger partial charge in [-0.05, 0) is 24.5 Å². The molecule has 2 aromatic heterocycles. The lowest BCUT2D eigenvalue weighted by Crippen LogP contribution is -2.58. The van der Waals surface area contributed by atoms with Crippen molar-refractivity contribution < 1.29 is 24.3 Å². The Balaban J connectivity index is 1.85. The maximum atomic E-state index is 13.5. The van der Waals surface area contributed by atoms with Gasteiger partial charge in [-0.1, -0.05) is 38.5 Å². The van der Waals surface area contributed by atoms with Gasteiger partial charge in [-0.2, -0.15) is 0 Å². The Morgan fingerprint density at radius 3 is 2.29 bits per heavy atom. The molecule has 1 aromatic carbocycles. The van der Waals surface area contributed by atoms with Crippen LogP contribution in [0.25, 0.3) is 10.9 Å². The minimum atomic E-state index is -1.21. The predicted molar refractivity (Wildman–Crippen MR) is 141 cm³/mol. The molecule has 0 saturated heterocycles. The first-order valence-corrected chi connectivity index (χ1v) is 12.5. The van der Waals surface area contributed by atoms with Crippen molar-refractivity contribution in [2.45, 2.75) is 64.2 Å². The number of nitrogens with two attached hydrogens (primary N) is 1. The summed E-state index contributed by atoms with van der Waals surface area (Å²) in [6, 6.07) is 3.33. The molecule has 38 heavy (non-hydrogen) atoms. The van der Waals surface area contributed by atoms with Gasteiger partial charge in [0.25, 0.3) is 0 Å². The van der Waals surface area contributed by atoms with Crippen LogP contribution in [0.5, 0.6) is 0 Å². The number of aromatic nitrogens is 3. The number of imidazole rings is 1. The van der Waals surface area contributed by atoms with Crippen molar-refractivity contribution in [3.63, 3.8) is 0 Å². The second kappa shape index (κ2) is 12.9. The minimum Gasteiger partial charge on any atom is -0.480 e. The van der Waals surface area contributed by atoms with Crippen molar-refractivity contribution in [3.8, 4) is 0 Å². The number of nitrogens with one attached hydrogen (secondary N) is 5. The third-order valence-corrected chi connectivity index (χ3v) is 6.63. The molecule has 0 spiro atoms. The van der Waals surface area contributed by atoms with Gasteiger partial charge < -0.3 is 36.8 Å². The average Bonchev–Trinajstić information content (AvgIpc) is 3.56. The van der Waals surface area contributed by atoms with Crippen LogP contribution in [-0.2, 0) is 32.0 Å². The van der Waals surface area contributed by atoms with Gasteiger partial charge in [-0.3, -0.25) is 19.2 Å². The third-order valence-electron chi connectivity index (χ3n) is 6.63. The quantitative estimate of drug-likeness (QED) is 0.170. The number of aromatic amines is 2. The van der Waals surface area contributed by atoms with E-state index in [0.29, 0.717) is 12.1 Å². The maximum Gasteiger partial charge on any atom is 0.325 e. The molecule has 5 unspecified atom stereocenters. The van der Waals surface area contributed by atoms with E-state index >= 15 is 0 Å². The van der Waals surface area contributed by atoms with Gasteiger partial charge in [0.15, 0.2) is 0 Å². The third kappa shape index (κ3) is 7.19. The fourth-order valence-electron chi connectivity index (χ4n) is 3.98. The van der Waals surface area contributed by atoms with Crippen LogP contribution in [0.15, 0.2) is 43.0 Å². The Bertz CT molecular complexity index is 1260. The van der Waals surface area contributed by atoms with Gasteiger partial charge in [-0.25, -0.2) is 4.98 Å². The summed E-state index contributed by atoms with van der Waals surface area (Å²) < 4.78 is 0. The highest BCUT2D eigenvalue weighted by molar-refractivity contribution is 5.95. The largest absolute Gasteiger partial charge is 0.480 e. The lowest BCUT2D eigenvalue weighted by Gasteiger charge is -2.25. The number of carbonyl (C=O) groups is 4. The number of aliphatic carboxylic acids is 1. The second-order valence-corrected chi connectivity index (χ2v) is 9.45. The van der Waals surface area contributed by atoms with Crippen LogP contribution in [0, 0.1) is 5.92 Å². The topological polar surface area (TPSA) is 195 Å². The number of nitrogens with zero attached hydrogens (tertiary/aromatic N) is 1. The lowest BCUT2D eigenvalue weighted by atomic mass is 9.98. The molecule has 12 nitrogen and oxygen atoms in total. The molecule has 0 radical (unpaired) electrons. The lowest BCUT2D eigenvalue weighted by molar-refractivity contribution is -0.141. The number of benzene rings is 1. The number of rotatable bonds is 13. The standard InChI is InChI=1S/C26H35N7O5/c1-4-14(2)22(27)25(36)33-21(10-17-12-28-13-30-17)24(35)32-20(23(34)31-15(3)26(37)38)9-16-11-29-19-8-6-5-7-18(16)19/h5-8,11-15,20-22,29H,4,9-10,27H2,1-3H3,(H,28,30)(H,31,34)(H,32,35)(H,33,36)(H,37,38). The number of carboxylic acids is 1. The van der Waals surface area contributed by atoms with E-state index in [1.54, 1.807) is 6.20 Å². The van der Waals surface area contributed by atoms with E-state index in [9.17, 15) is 24.3 Å². The van der Waals surface area contributed by atoms with Crippen molar-refractivity contribution in [3.05, 3.63) is 54.2 Å². The summed E-state index contributed by atoms with van der Waals surface area (Å²) in [5, 5.41) is 18.0. The van der Waals surface area contributed by atoms with Crippen LogP contribution in [0.1, 0.15) is 38.4 Å². The molecule has 2 heterocycles. The fourth-order valence-corrected chi connectivity index (χ4v) is 3.98. The van der Waals surface area contributed by atoms with Crippen molar-refractivity contribution in [2.75, 3.05) is 0 Å². The van der Waals surface area contributed by atoms with Gasteiger partial charge in [0, 0.05) is 41.8 Å². The molecule has 5 atom stereocenters. The van der Waals surface area contributed by atoms with Gasteiger partial charge in [0.2, 0.25) is 17.7 Å². The van der Waals surface area contributed by atoms with E-state index in [1.165, 1.54) is 19.4 Å². The van der Waals surface area contributed by atoms with Gasteiger partial charge in [-0.15, -0.1) is 0 Å². The van der Waals surface area contributed by atoms with Crippen LogP contribution in [0.2, 0.25) is 0 Å². The first-order valence-electron chi connectivity index (χ1n) is 12.5. The van der Waals surface area contributed by atoms with Gasteiger partial charge in [0.05, 0.1) is 12.4 Å². The van der Waals surface area contributed by atoms with Crippen molar-refractivity contribution in [1.82, 2.24) is 30.9 Å². The smallest absolute Gasteiger partial charge is 0.325 e. The van der Waals surface area contributed by atoms with Crippen LogP contribution in [-0.4, -0.2) is 67.9 Å². The van der Waals surface area contributed by atoms with Crippen LogP contribution in [0.4, 0.5) is 0 Å². The number of hydrogen-bond acceptors (Lipinski definition) is 6. The maximum absolute atomic E-state index is 13.5. The Morgan fingerprint density at radius 2 is 1.63 bits per heavy atom. The molecule has 204 valence electrons. The fraction of sp³-hybridized carbons (Fsp3) is 0.423. The molecular formula is C26H35N7O5. The van der Waals surface area contributed by atoms with Gasteiger partial charge >= 0.3 is 5.97 Å². The van der Waals surface area contributed by atoms with Gasteiger partial charge in [0.1, 0.15) is 18.1 Å². The Morgan fingerprint density at radius 1 is 0.974 bits per heavy atom. The van der Waals surface area contributed by atoms with Crippen LogP contribution >= 0.6 is 0 Å². The van der Waals surface area contributed by atoms with Crippen LogP contribution < -0.4 is 21.7 Å². The molecule has 0 aliphatic carbocycles. The van der Waals surface area contributed by atoms with Crippen LogP contribution in [0.3, 0.4) is 0 Å². The molecule has 0 bridgehead atoms. The SMILES string of the molecule is CCC(C)C(N)C(=O)NC(Cc1cnc[nH]1)C(=O)NC(Cc1c[nH]c2ccccc12)C(=O)NC(C)C(=O)O. The van der Waals surface area contributed by atoms with Crippen molar-refractivity contribution in [1.29, 1.82) is 0 Å². The monoisotopic (exact) mass is 525 g/mol. The summed E-state index contributed by atoms with van der Waals surface area (Å²) in [5.74, 6) is -3.09. The number of para-hydroxylation sites is 1. The van der Waals surface area contributed by atoms with E-state index in [0.717, 1.165) is 16.5 Å². The number of H-pyrrole nitrogens is 2. The van der Waals surface area contributed by atoms with Crippen molar-refractivity contribution >= 4 is 34.6 Å². The summed E-state index contributed by atoms with van der Waals surface area (Å²) in [6.07, 6.45) is 5.58. The molecule has 0 aliphatic rings. The summed E-state index contributed by atoms with van der Waals surface area (Å²) >= 11 is 0. The molecule has 3 amide bonds. The van der Waals surface area contributed by atoms with Crippen molar-refractivity contribution in [2.24, 2.45) is 11.7 Å². The number of carbonyl (C=O) groups excluding carboxylic acids is 3. The highest BCUT2D eigenvalue weighted by Gasteiger charge is 2.31. The summed E-state index contributed by atoms with van der Waals surface area (Å²) in [4.78, 5) is 60.8. The van der Waals surface area contributed by atoms with E-state index in [2.05, 4.69) is 30.9 Å². The number of amides is 3. The molecule has 3 rings (SSSR count). The molecule has 3 aromatic rings. The summed E-state index contributed by atoms with van der Waals surface area (Å²) in [5.41, 5.74) is 8.30. The zero-order valence-electron chi connectivity index (χ0n) is 21.7.